The van der Waals surface area contributed by atoms with E-state index in [-0.39, 0.29) is 31.7 Å². The zero-order valence-corrected chi connectivity index (χ0v) is 16.2. The van der Waals surface area contributed by atoms with Crippen LogP contribution in [0.2, 0.25) is 0 Å². The Kier molecular flexibility index (Phi) is 7.62. The Morgan fingerprint density at radius 2 is 1.85 bits per heavy atom. The Balaban J connectivity index is 1.82. The van der Waals surface area contributed by atoms with Gasteiger partial charge in [-0.25, -0.2) is 4.79 Å². The Bertz CT molecular complexity index is 610. The molecule has 0 aliphatic carbocycles. The van der Waals surface area contributed by atoms with Gasteiger partial charge in [0.05, 0.1) is 25.2 Å². The van der Waals surface area contributed by atoms with E-state index in [0.29, 0.717) is 6.42 Å². The number of nitrogens with two attached hydrogens (primary N) is 1. The summed E-state index contributed by atoms with van der Waals surface area (Å²) >= 11 is 0. The molecule has 7 nitrogen and oxygen atoms in total. The van der Waals surface area contributed by atoms with Crippen LogP contribution in [0.3, 0.4) is 0 Å². The van der Waals surface area contributed by atoms with Crippen molar-refractivity contribution in [3.8, 4) is 0 Å². The van der Waals surface area contributed by atoms with Gasteiger partial charge >= 0.3 is 12.1 Å². The van der Waals surface area contributed by atoms with Crippen molar-refractivity contribution in [2.45, 2.75) is 46.0 Å². The molecular formula is C20H29NO6. The first kappa shape index (κ1) is 21.2. The number of rotatable bonds is 8. The van der Waals surface area contributed by atoms with Crippen molar-refractivity contribution in [1.29, 1.82) is 0 Å². The summed E-state index contributed by atoms with van der Waals surface area (Å²) in [6, 6.07) is 9.63. The van der Waals surface area contributed by atoms with Crippen LogP contribution < -0.4 is 5.73 Å². The number of carbonyl (C=O) groups is 2. The van der Waals surface area contributed by atoms with Crippen molar-refractivity contribution in [2.24, 2.45) is 17.1 Å². The van der Waals surface area contributed by atoms with Crippen molar-refractivity contribution in [3.63, 3.8) is 0 Å². The number of carbonyl (C=O) groups excluding carboxylic acids is 2. The Morgan fingerprint density at radius 3 is 2.41 bits per heavy atom. The lowest BCUT2D eigenvalue weighted by Gasteiger charge is -2.33. The largest absolute Gasteiger partial charge is 0.457 e. The predicted octanol–water partition coefficient (Wildman–Crippen LogP) is 3.18. The first-order chi connectivity index (χ1) is 12.8. The van der Waals surface area contributed by atoms with Crippen molar-refractivity contribution >= 4 is 12.1 Å². The fraction of sp³-hybridized carbons (Fsp3) is 0.600. The lowest BCUT2D eigenvalue weighted by molar-refractivity contribution is -0.232. The second-order valence-electron chi connectivity index (χ2n) is 7.43. The van der Waals surface area contributed by atoms with Gasteiger partial charge in [-0.2, -0.15) is 0 Å². The van der Waals surface area contributed by atoms with Crippen LogP contribution in [0.1, 0.15) is 45.5 Å². The highest BCUT2D eigenvalue weighted by Crippen LogP contribution is 2.31. The monoisotopic (exact) mass is 379 g/mol. The summed E-state index contributed by atoms with van der Waals surface area (Å²) in [5, 5.41) is 0. The van der Waals surface area contributed by atoms with Gasteiger partial charge in [0.1, 0.15) is 6.10 Å². The second-order valence-corrected chi connectivity index (χ2v) is 7.43. The summed E-state index contributed by atoms with van der Waals surface area (Å²) < 4.78 is 21.8. The quantitative estimate of drug-likeness (QED) is 0.697. The van der Waals surface area contributed by atoms with E-state index in [2.05, 4.69) is 0 Å². The van der Waals surface area contributed by atoms with Gasteiger partial charge in [-0.15, -0.1) is 0 Å². The van der Waals surface area contributed by atoms with Gasteiger partial charge in [-0.1, -0.05) is 43.7 Å². The van der Waals surface area contributed by atoms with E-state index >= 15 is 0 Å². The van der Waals surface area contributed by atoms with Crippen LogP contribution in [0.25, 0.3) is 0 Å². The normalized spacial score (nSPS) is 21.3. The fourth-order valence-corrected chi connectivity index (χ4v) is 2.99. The fourth-order valence-electron chi connectivity index (χ4n) is 2.99. The minimum atomic E-state index is -0.807. The van der Waals surface area contributed by atoms with E-state index < -0.39 is 23.9 Å². The molecule has 1 aromatic rings. The molecule has 7 heteroatoms. The van der Waals surface area contributed by atoms with E-state index in [1.807, 2.05) is 51.1 Å². The highest BCUT2D eigenvalue weighted by Gasteiger charge is 2.35. The number of primary amides is 1. The molecule has 1 heterocycles. The zero-order valence-electron chi connectivity index (χ0n) is 16.2. The van der Waals surface area contributed by atoms with Gasteiger partial charge in [-0.05, 0) is 26.2 Å². The number of hydrogen-bond donors (Lipinski definition) is 1. The molecule has 27 heavy (non-hydrogen) atoms. The second kappa shape index (κ2) is 9.71. The van der Waals surface area contributed by atoms with Gasteiger partial charge in [0.25, 0.3) is 0 Å². The van der Waals surface area contributed by atoms with E-state index in [1.54, 1.807) is 0 Å². The van der Waals surface area contributed by atoms with E-state index in [0.717, 1.165) is 12.0 Å². The molecule has 1 aliphatic heterocycles. The number of amides is 1. The molecule has 0 radical (unpaired) electrons. The highest BCUT2D eigenvalue weighted by atomic mass is 16.7. The molecule has 0 bridgehead atoms. The molecule has 1 saturated heterocycles. The first-order valence-electron chi connectivity index (χ1n) is 9.23. The van der Waals surface area contributed by atoms with E-state index in [4.69, 9.17) is 24.7 Å². The van der Waals surface area contributed by atoms with Gasteiger partial charge in [-0.3, -0.25) is 4.79 Å². The molecule has 0 aromatic heterocycles. The smallest absolute Gasteiger partial charge is 0.404 e. The van der Waals surface area contributed by atoms with Crippen LogP contribution >= 0.6 is 0 Å². The summed E-state index contributed by atoms with van der Waals surface area (Å²) in [5.74, 6) is -0.295. The lowest BCUT2D eigenvalue weighted by atomic mass is 9.82. The number of esters is 1. The summed E-state index contributed by atoms with van der Waals surface area (Å²) in [6.45, 7) is 6.37. The molecule has 150 valence electrons. The number of benzene rings is 1. The molecular weight excluding hydrogens is 350 g/mol. The van der Waals surface area contributed by atoms with Crippen LogP contribution in [-0.2, 0) is 23.7 Å². The summed E-state index contributed by atoms with van der Waals surface area (Å²) in [5.41, 5.74) is 5.22. The van der Waals surface area contributed by atoms with Crippen LogP contribution in [0.4, 0.5) is 4.79 Å². The standard InChI is InChI=1S/C20H29NO6/c1-4-14(11-26-19(21)23)10-20(2,3)18(22)27-16-12-24-17(25-13-16)15-8-6-5-7-9-15/h5-9,14,16-17H,4,10-13H2,1-3H3,(H2,21,23). The molecule has 1 aliphatic rings. The summed E-state index contributed by atoms with van der Waals surface area (Å²) in [4.78, 5) is 23.4. The Morgan fingerprint density at radius 1 is 1.22 bits per heavy atom. The molecule has 1 unspecified atom stereocenters. The average molecular weight is 379 g/mol. The lowest BCUT2D eigenvalue weighted by Crippen LogP contribution is -2.39. The van der Waals surface area contributed by atoms with Crippen LogP contribution in [0.15, 0.2) is 30.3 Å². The van der Waals surface area contributed by atoms with E-state index in [9.17, 15) is 9.59 Å². The van der Waals surface area contributed by atoms with Crippen molar-refractivity contribution < 1.29 is 28.5 Å². The maximum atomic E-state index is 12.6. The summed E-state index contributed by atoms with van der Waals surface area (Å²) in [6.07, 6.45) is -0.406. The molecule has 1 fully saturated rings. The maximum Gasteiger partial charge on any atom is 0.404 e. The van der Waals surface area contributed by atoms with Crippen molar-refractivity contribution in [1.82, 2.24) is 0 Å². The molecule has 1 atom stereocenters. The van der Waals surface area contributed by atoms with Gasteiger partial charge in [0.2, 0.25) is 0 Å². The molecule has 0 saturated carbocycles. The molecule has 2 rings (SSSR count). The van der Waals surface area contributed by atoms with E-state index in [1.165, 1.54) is 0 Å². The van der Waals surface area contributed by atoms with Crippen molar-refractivity contribution in [2.75, 3.05) is 19.8 Å². The minimum absolute atomic E-state index is 0.0290. The molecule has 2 N–H and O–H groups in total. The summed E-state index contributed by atoms with van der Waals surface area (Å²) in [7, 11) is 0. The highest BCUT2D eigenvalue weighted by molar-refractivity contribution is 5.76. The van der Waals surface area contributed by atoms with Crippen LogP contribution in [-0.4, -0.2) is 38.0 Å². The third kappa shape index (κ3) is 6.52. The minimum Gasteiger partial charge on any atom is -0.457 e. The van der Waals surface area contributed by atoms with Crippen molar-refractivity contribution in [3.05, 3.63) is 35.9 Å². The third-order valence-electron chi connectivity index (χ3n) is 4.60. The SMILES string of the molecule is CCC(COC(N)=O)CC(C)(C)C(=O)OC1COC(c2ccccc2)OC1. The number of hydrogen-bond acceptors (Lipinski definition) is 6. The third-order valence-corrected chi connectivity index (χ3v) is 4.60. The molecule has 1 amide bonds. The molecule has 0 spiro atoms. The van der Waals surface area contributed by atoms with Gasteiger partial charge in [0.15, 0.2) is 6.29 Å². The van der Waals surface area contributed by atoms with Crippen LogP contribution in [0, 0.1) is 11.3 Å². The number of ether oxygens (including phenoxy) is 4. The topological polar surface area (TPSA) is 97.1 Å². The molecule has 1 aromatic carbocycles. The Labute approximate surface area is 160 Å². The predicted molar refractivity (Wildman–Crippen MR) is 98.7 cm³/mol. The average Bonchev–Trinajstić information content (AvgIpc) is 2.66. The zero-order chi connectivity index (χ0) is 19.9. The first-order valence-corrected chi connectivity index (χ1v) is 9.23. The Hall–Kier alpha value is -2.12. The van der Waals surface area contributed by atoms with Crippen LogP contribution in [0.5, 0.6) is 0 Å². The van der Waals surface area contributed by atoms with Gasteiger partial charge < -0.3 is 24.7 Å². The van der Waals surface area contributed by atoms with Gasteiger partial charge in [0, 0.05) is 5.56 Å². The maximum absolute atomic E-state index is 12.6.